The Bertz CT molecular complexity index is 670. The van der Waals surface area contributed by atoms with Crippen LogP contribution in [0.3, 0.4) is 0 Å². The van der Waals surface area contributed by atoms with Crippen LogP contribution in [0.15, 0.2) is 29.6 Å². The lowest BCUT2D eigenvalue weighted by atomic mass is 9.96. The second kappa shape index (κ2) is 8.37. The topological polar surface area (TPSA) is 102 Å². The number of primary amides is 1. The lowest BCUT2D eigenvalue weighted by Crippen LogP contribution is -2.43. The number of β-amino-alcohol motifs (C(OH)–C–C–N with tert-alkyl or cyclic N) is 1. The minimum absolute atomic E-state index is 0.0314. The van der Waals surface area contributed by atoms with Crippen LogP contribution < -0.4 is 10.5 Å². The number of likely N-dealkylation sites (tertiary alicyclic amines) is 1. The summed E-state index contributed by atoms with van der Waals surface area (Å²) in [6.07, 6.45) is 0.943. The van der Waals surface area contributed by atoms with Crippen molar-refractivity contribution >= 4 is 17.4 Å². The molecule has 3 N–H and O–H groups in total. The van der Waals surface area contributed by atoms with Crippen molar-refractivity contribution in [2.24, 2.45) is 11.7 Å². The lowest BCUT2D eigenvalue weighted by molar-refractivity contribution is -0.123. The summed E-state index contributed by atoms with van der Waals surface area (Å²) in [6.45, 7) is 2.32. The maximum Gasteiger partial charge on any atom is 0.220 e. The van der Waals surface area contributed by atoms with E-state index in [0.717, 1.165) is 37.2 Å². The molecule has 1 saturated heterocycles. The first-order chi connectivity index (χ1) is 12.1. The van der Waals surface area contributed by atoms with E-state index in [1.54, 1.807) is 0 Å². The molecule has 0 spiro atoms. The first-order valence-electron chi connectivity index (χ1n) is 8.32. The van der Waals surface area contributed by atoms with Crippen LogP contribution in [0.2, 0.25) is 0 Å². The quantitative estimate of drug-likeness (QED) is 0.766. The third-order valence-electron chi connectivity index (χ3n) is 4.41. The molecule has 1 aromatic heterocycles. The van der Waals surface area contributed by atoms with E-state index in [9.17, 15) is 9.90 Å². The molecular formula is C17H22N4O3S. The van der Waals surface area contributed by atoms with Gasteiger partial charge in [-0.05, 0) is 61.7 Å². The molecule has 2 aromatic rings. The largest absolute Gasteiger partial charge is 0.491 e. The smallest absolute Gasteiger partial charge is 0.220 e. The van der Waals surface area contributed by atoms with Gasteiger partial charge in [-0.2, -0.15) is 0 Å². The number of rotatable bonds is 7. The Hall–Kier alpha value is -2.03. The minimum atomic E-state index is -0.576. The number of carbonyl (C=O) groups is 1. The third-order valence-corrected chi connectivity index (χ3v) is 4.92. The van der Waals surface area contributed by atoms with E-state index in [2.05, 4.69) is 14.5 Å². The number of nitrogens with zero attached hydrogens (tertiary/aromatic N) is 3. The number of aliphatic hydroxyl groups is 1. The van der Waals surface area contributed by atoms with Gasteiger partial charge in [-0.3, -0.25) is 4.79 Å². The summed E-state index contributed by atoms with van der Waals surface area (Å²) in [6, 6.07) is 7.57. The van der Waals surface area contributed by atoms with Gasteiger partial charge in [0.05, 0.1) is 0 Å². The molecule has 0 saturated carbocycles. The highest BCUT2D eigenvalue weighted by molar-refractivity contribution is 7.03. The van der Waals surface area contributed by atoms with Gasteiger partial charge < -0.3 is 20.5 Å². The van der Waals surface area contributed by atoms with Gasteiger partial charge in [0.2, 0.25) is 5.91 Å². The van der Waals surface area contributed by atoms with Crippen molar-refractivity contribution < 1.29 is 14.6 Å². The lowest BCUT2D eigenvalue weighted by Gasteiger charge is -2.31. The van der Waals surface area contributed by atoms with E-state index < -0.39 is 6.10 Å². The summed E-state index contributed by atoms with van der Waals surface area (Å²) in [4.78, 5) is 13.3. The summed E-state index contributed by atoms with van der Waals surface area (Å²) in [5.41, 5.74) is 7.16. The fourth-order valence-electron chi connectivity index (χ4n) is 2.96. The number of hydrogen-bond acceptors (Lipinski definition) is 7. The number of piperidine rings is 1. The van der Waals surface area contributed by atoms with E-state index in [1.165, 1.54) is 11.5 Å². The van der Waals surface area contributed by atoms with E-state index in [4.69, 9.17) is 10.5 Å². The van der Waals surface area contributed by atoms with Gasteiger partial charge in [-0.1, -0.05) is 4.49 Å². The number of hydrogen-bond donors (Lipinski definition) is 2. The van der Waals surface area contributed by atoms with E-state index >= 15 is 0 Å². The van der Waals surface area contributed by atoms with Crippen molar-refractivity contribution in [3.63, 3.8) is 0 Å². The molecule has 1 aliphatic rings. The molecule has 1 aromatic carbocycles. The summed E-state index contributed by atoms with van der Waals surface area (Å²) in [5, 5.41) is 16.1. The van der Waals surface area contributed by atoms with E-state index in [1.807, 2.05) is 29.6 Å². The summed E-state index contributed by atoms with van der Waals surface area (Å²) in [5.74, 6) is 0.454. The van der Waals surface area contributed by atoms with Crippen LogP contribution in [-0.4, -0.2) is 57.8 Å². The predicted molar refractivity (Wildman–Crippen MR) is 95.2 cm³/mol. The molecule has 1 atom stereocenters. The molecule has 8 heteroatoms. The van der Waals surface area contributed by atoms with Gasteiger partial charge in [0, 0.05) is 23.4 Å². The maximum atomic E-state index is 11.2. The number of amides is 1. The molecule has 1 fully saturated rings. The van der Waals surface area contributed by atoms with E-state index in [0.29, 0.717) is 12.3 Å². The molecule has 0 bridgehead atoms. The van der Waals surface area contributed by atoms with Crippen molar-refractivity contribution in [2.45, 2.75) is 18.9 Å². The minimum Gasteiger partial charge on any atom is -0.491 e. The highest BCUT2D eigenvalue weighted by Crippen LogP contribution is 2.21. The van der Waals surface area contributed by atoms with Gasteiger partial charge in [0.15, 0.2) is 0 Å². The zero-order valence-corrected chi connectivity index (χ0v) is 14.7. The average Bonchev–Trinajstić information content (AvgIpc) is 3.15. The fraction of sp³-hybridized carbons (Fsp3) is 0.471. The molecule has 0 radical (unpaired) electrons. The molecule has 25 heavy (non-hydrogen) atoms. The van der Waals surface area contributed by atoms with Crippen LogP contribution >= 0.6 is 11.5 Å². The summed E-state index contributed by atoms with van der Waals surface area (Å²) < 4.78 is 9.50. The standard InChI is InChI=1S/C17H22N4O3S/c18-17(23)13-5-7-21(8-6-13)9-14(22)10-24-15-3-1-12(2-4-15)16-11-25-20-19-16/h1-4,11,13-14,22H,5-10H2,(H2,18,23). The number of nitrogens with two attached hydrogens (primary N) is 1. The normalized spacial score (nSPS) is 17.3. The van der Waals surface area contributed by atoms with Crippen LogP contribution in [-0.2, 0) is 4.79 Å². The van der Waals surface area contributed by atoms with Crippen LogP contribution in [0.4, 0.5) is 0 Å². The number of ether oxygens (including phenoxy) is 1. The Morgan fingerprint density at radius 3 is 2.68 bits per heavy atom. The van der Waals surface area contributed by atoms with Crippen LogP contribution in [0.5, 0.6) is 5.75 Å². The van der Waals surface area contributed by atoms with Gasteiger partial charge in [-0.15, -0.1) is 5.10 Å². The van der Waals surface area contributed by atoms with Crippen LogP contribution in [0, 0.1) is 5.92 Å². The highest BCUT2D eigenvalue weighted by atomic mass is 32.1. The first-order valence-corrected chi connectivity index (χ1v) is 9.15. The SMILES string of the molecule is NC(=O)C1CCN(CC(O)COc2ccc(-c3csnn3)cc2)CC1. The molecule has 3 rings (SSSR count). The molecule has 1 aliphatic heterocycles. The number of aromatic nitrogens is 2. The van der Waals surface area contributed by atoms with E-state index in [-0.39, 0.29) is 18.4 Å². The molecular weight excluding hydrogens is 340 g/mol. The summed E-state index contributed by atoms with van der Waals surface area (Å²) >= 11 is 1.32. The predicted octanol–water partition coefficient (Wildman–Crippen LogP) is 1.14. The monoisotopic (exact) mass is 362 g/mol. The molecule has 7 nitrogen and oxygen atoms in total. The zero-order valence-electron chi connectivity index (χ0n) is 13.9. The van der Waals surface area contributed by atoms with Gasteiger partial charge in [0.1, 0.15) is 24.2 Å². The van der Waals surface area contributed by atoms with Crippen molar-refractivity contribution in [1.29, 1.82) is 0 Å². The van der Waals surface area contributed by atoms with Gasteiger partial charge in [-0.25, -0.2) is 0 Å². The second-order valence-corrected chi connectivity index (χ2v) is 6.87. The number of benzene rings is 1. The first kappa shape index (κ1) is 17.8. The Balaban J connectivity index is 1.42. The Morgan fingerprint density at radius 1 is 1.36 bits per heavy atom. The number of carbonyl (C=O) groups excluding carboxylic acids is 1. The highest BCUT2D eigenvalue weighted by Gasteiger charge is 2.24. The Morgan fingerprint density at radius 2 is 2.08 bits per heavy atom. The Labute approximate surface area is 150 Å². The fourth-order valence-corrected chi connectivity index (χ4v) is 3.42. The molecule has 0 aliphatic carbocycles. The Kier molecular flexibility index (Phi) is 5.95. The molecule has 134 valence electrons. The average molecular weight is 362 g/mol. The zero-order chi connectivity index (χ0) is 17.6. The van der Waals surface area contributed by atoms with Crippen molar-refractivity contribution in [3.05, 3.63) is 29.6 Å². The van der Waals surface area contributed by atoms with Crippen molar-refractivity contribution in [2.75, 3.05) is 26.2 Å². The second-order valence-electron chi connectivity index (χ2n) is 6.26. The van der Waals surface area contributed by atoms with Gasteiger partial charge >= 0.3 is 0 Å². The summed E-state index contributed by atoms with van der Waals surface area (Å²) in [7, 11) is 0. The molecule has 2 heterocycles. The van der Waals surface area contributed by atoms with Crippen LogP contribution in [0.1, 0.15) is 12.8 Å². The van der Waals surface area contributed by atoms with Crippen molar-refractivity contribution in [3.8, 4) is 17.0 Å². The van der Waals surface area contributed by atoms with Crippen LogP contribution in [0.25, 0.3) is 11.3 Å². The van der Waals surface area contributed by atoms with Crippen molar-refractivity contribution in [1.82, 2.24) is 14.5 Å². The van der Waals surface area contributed by atoms with Gasteiger partial charge in [0.25, 0.3) is 0 Å². The third kappa shape index (κ3) is 4.97. The number of aliphatic hydroxyl groups excluding tert-OH is 1. The molecule has 1 amide bonds. The maximum absolute atomic E-state index is 11.2. The molecule has 1 unspecified atom stereocenters.